The molecular weight excluding hydrogens is 247 g/mol. The van der Waals surface area contributed by atoms with Gasteiger partial charge in [-0.25, -0.2) is 0 Å². The molecule has 0 saturated heterocycles. The summed E-state index contributed by atoms with van der Waals surface area (Å²) in [6.07, 6.45) is 0. The third-order valence-corrected chi connectivity index (χ3v) is 1.91. The molecule has 70 valence electrons. The molecule has 1 aromatic rings. The molecule has 0 aliphatic heterocycles. The van der Waals surface area contributed by atoms with Crippen molar-refractivity contribution >= 4 is 33.2 Å². The maximum atomic E-state index is 10.4. The van der Waals surface area contributed by atoms with Crippen molar-refractivity contribution in [2.24, 2.45) is 0 Å². The van der Waals surface area contributed by atoms with Gasteiger partial charge in [-0.1, -0.05) is 18.2 Å². The summed E-state index contributed by atoms with van der Waals surface area (Å²) in [5.74, 6) is 0. The van der Waals surface area contributed by atoms with Crippen LogP contribution in [0.3, 0.4) is 0 Å². The molecule has 0 amide bonds. The van der Waals surface area contributed by atoms with E-state index in [1.54, 1.807) is 18.2 Å². The van der Waals surface area contributed by atoms with Crippen LogP contribution in [0.4, 0.5) is 0 Å². The largest absolute Gasteiger partial charge is 2.00 e. The third-order valence-electron chi connectivity index (χ3n) is 1.04. The molecule has 0 saturated carbocycles. The van der Waals surface area contributed by atoms with Crippen LogP contribution in [-0.4, -0.2) is 36.0 Å². The van der Waals surface area contributed by atoms with Crippen LogP contribution < -0.4 is 24.8 Å². The normalized spacial score (nSPS) is 8.69. The summed E-state index contributed by atoms with van der Waals surface area (Å²) >= 11 is 0. The van der Waals surface area contributed by atoms with Crippen molar-refractivity contribution in [3.05, 3.63) is 30.3 Å². The zero-order chi connectivity index (χ0) is 7.61. The average Bonchev–Trinajstić information content (AvgIpc) is 1.88. The van der Waals surface area contributed by atoms with E-state index in [0.29, 0.717) is 0 Å². The number of hydrogen-bond donors (Lipinski definition) is 1. The maximum Gasteiger partial charge on any atom is 2.00 e. The van der Waals surface area contributed by atoms with Crippen LogP contribution in [0.1, 0.15) is 0 Å². The molecule has 3 nitrogen and oxygen atoms in total. The Morgan fingerprint density at radius 1 is 1.00 bits per heavy atom. The molecule has 0 bridgehead atoms. The Bertz CT molecular complexity index is 314. The molecule has 0 aromatic heterocycles. The minimum absolute atomic E-state index is 0. The molecule has 13 heavy (non-hydrogen) atoms. The van der Waals surface area contributed by atoms with Gasteiger partial charge < -0.3 is 24.8 Å². The maximum absolute atomic E-state index is 10.4. The van der Waals surface area contributed by atoms with E-state index >= 15 is 0 Å². The van der Waals surface area contributed by atoms with Crippen molar-refractivity contribution < 1.29 is 37.8 Å². The van der Waals surface area contributed by atoms with Gasteiger partial charge >= 0.3 is 23.1 Å². The van der Waals surface area contributed by atoms with Crippen molar-refractivity contribution in [1.29, 1.82) is 0 Å². The molecule has 0 aliphatic carbocycles. The van der Waals surface area contributed by atoms with Crippen LogP contribution in [0.2, 0.25) is 0 Å². The van der Waals surface area contributed by atoms with Gasteiger partial charge in [0.05, 0.1) is 4.90 Å². The monoisotopic (exact) mass is 252 g/mol. The van der Waals surface area contributed by atoms with Crippen molar-refractivity contribution in [2.75, 3.05) is 0 Å². The summed E-state index contributed by atoms with van der Waals surface area (Å²) in [5, 5.41) is 0. The van der Waals surface area contributed by atoms with Crippen LogP contribution >= 0.6 is 0 Å². The number of hydrogen-bond acceptors (Lipinski definition) is 2. The van der Waals surface area contributed by atoms with Crippen molar-refractivity contribution in [2.45, 2.75) is 4.90 Å². The topological polar surface area (TPSA) is 54.4 Å². The first kappa shape index (κ1) is 19.1. The SMILES string of the molecule is O=S(=O)(O)c1ccccc1.[Cl-].[Cl-].[Mg+2]. The van der Waals surface area contributed by atoms with E-state index in [2.05, 4.69) is 0 Å². The van der Waals surface area contributed by atoms with Gasteiger partial charge in [0.1, 0.15) is 0 Å². The van der Waals surface area contributed by atoms with Gasteiger partial charge in [0.2, 0.25) is 0 Å². The van der Waals surface area contributed by atoms with Gasteiger partial charge in [-0.2, -0.15) is 8.42 Å². The van der Waals surface area contributed by atoms with Gasteiger partial charge in [0, 0.05) is 0 Å². The van der Waals surface area contributed by atoms with Crippen LogP contribution in [0.5, 0.6) is 0 Å². The predicted octanol–water partition coefficient (Wildman–Crippen LogP) is -5.44. The van der Waals surface area contributed by atoms with E-state index in [9.17, 15) is 8.42 Å². The van der Waals surface area contributed by atoms with E-state index in [-0.39, 0.29) is 52.8 Å². The van der Waals surface area contributed by atoms with Crippen LogP contribution in [-0.2, 0) is 10.1 Å². The first-order valence-corrected chi connectivity index (χ1v) is 4.07. The van der Waals surface area contributed by atoms with Crippen LogP contribution in [0.15, 0.2) is 35.2 Å². The van der Waals surface area contributed by atoms with E-state index in [1.807, 2.05) is 0 Å². The molecule has 0 heterocycles. The van der Waals surface area contributed by atoms with E-state index in [0.717, 1.165) is 0 Å². The average molecular weight is 253 g/mol. The first-order valence-electron chi connectivity index (χ1n) is 2.63. The fraction of sp³-hybridized carbons (Fsp3) is 0. The minimum atomic E-state index is -4.00. The van der Waals surface area contributed by atoms with Crippen molar-refractivity contribution in [3.63, 3.8) is 0 Å². The zero-order valence-electron chi connectivity index (χ0n) is 6.52. The molecule has 0 unspecified atom stereocenters. The smallest absolute Gasteiger partial charge is 1.00 e. The van der Waals surface area contributed by atoms with Crippen LogP contribution in [0.25, 0.3) is 0 Å². The molecule has 0 radical (unpaired) electrons. The summed E-state index contributed by atoms with van der Waals surface area (Å²) in [6, 6.07) is 7.42. The number of rotatable bonds is 1. The van der Waals surface area contributed by atoms with Gasteiger partial charge in [-0.05, 0) is 12.1 Å². The summed E-state index contributed by atoms with van der Waals surface area (Å²) in [7, 11) is -4.00. The molecular formula is C6H6Cl2MgO3S. The van der Waals surface area contributed by atoms with Gasteiger partial charge in [-0.3, -0.25) is 4.55 Å². The quantitative estimate of drug-likeness (QED) is 0.401. The minimum Gasteiger partial charge on any atom is -1.00 e. The van der Waals surface area contributed by atoms with E-state index in [4.69, 9.17) is 4.55 Å². The molecule has 0 aliphatic rings. The summed E-state index contributed by atoms with van der Waals surface area (Å²) in [5.41, 5.74) is 0. The zero-order valence-corrected chi connectivity index (χ0v) is 10.3. The second-order valence-corrected chi connectivity index (χ2v) is 3.21. The Balaban J connectivity index is -0.000000333. The fourth-order valence-electron chi connectivity index (χ4n) is 0.592. The first-order chi connectivity index (χ1) is 4.61. The Hall–Kier alpha value is 0.476. The molecule has 0 atom stereocenters. The van der Waals surface area contributed by atoms with Crippen molar-refractivity contribution in [1.82, 2.24) is 0 Å². The Morgan fingerprint density at radius 2 is 1.38 bits per heavy atom. The molecule has 7 heteroatoms. The Kier molecular flexibility index (Phi) is 11.5. The molecule has 0 fully saturated rings. The Morgan fingerprint density at radius 3 is 1.62 bits per heavy atom. The predicted molar refractivity (Wildman–Crippen MR) is 42.0 cm³/mol. The second kappa shape index (κ2) is 7.84. The van der Waals surface area contributed by atoms with Gasteiger partial charge in [-0.15, -0.1) is 0 Å². The summed E-state index contributed by atoms with van der Waals surface area (Å²) in [4.78, 5) is -0.0741. The van der Waals surface area contributed by atoms with Gasteiger partial charge in [0.15, 0.2) is 0 Å². The fourth-order valence-corrected chi connectivity index (χ4v) is 1.09. The molecule has 1 aromatic carbocycles. The molecule has 0 spiro atoms. The molecule has 1 N–H and O–H groups in total. The molecule has 1 rings (SSSR count). The van der Waals surface area contributed by atoms with E-state index in [1.165, 1.54) is 12.1 Å². The standard InChI is InChI=1S/C6H6O3S.2ClH.Mg/c7-10(8,9)6-4-2-1-3-5-6;;;/h1-5H,(H,7,8,9);2*1H;/q;;;+2/p-2. The van der Waals surface area contributed by atoms with Crippen molar-refractivity contribution in [3.8, 4) is 0 Å². The van der Waals surface area contributed by atoms with E-state index < -0.39 is 10.1 Å². The summed E-state index contributed by atoms with van der Waals surface area (Å²) < 4.78 is 29.2. The number of halogens is 2. The summed E-state index contributed by atoms with van der Waals surface area (Å²) in [6.45, 7) is 0. The second-order valence-electron chi connectivity index (χ2n) is 1.79. The Labute approximate surface area is 106 Å². The van der Waals surface area contributed by atoms with Crippen LogP contribution in [0, 0.1) is 0 Å². The van der Waals surface area contributed by atoms with Gasteiger partial charge in [0.25, 0.3) is 10.1 Å². The third kappa shape index (κ3) is 6.53. The number of benzene rings is 1.